The van der Waals surface area contributed by atoms with E-state index in [0.29, 0.717) is 21.6 Å². The van der Waals surface area contributed by atoms with E-state index in [9.17, 15) is 14.9 Å². The molecule has 0 atom stereocenters. The fourth-order valence-electron chi connectivity index (χ4n) is 3.64. The lowest BCUT2D eigenvalue weighted by molar-refractivity contribution is -0.384. The molecule has 3 heterocycles. The number of hydrogen-bond acceptors (Lipinski definition) is 9. The van der Waals surface area contributed by atoms with Gasteiger partial charge in [0, 0.05) is 35.8 Å². The SMILES string of the molecule is CC(C)c1ccc(-c2ccc3nc(NC(=O)c4cc([N+](=O)[O-])ccc4Sc4nnnn4C)nn3c2)cc1. The molecule has 0 saturated carbocycles. The number of nitro groups is 1. The highest BCUT2D eigenvalue weighted by molar-refractivity contribution is 7.99. The second kappa shape index (κ2) is 9.78. The number of nitro benzene ring substituents is 1. The summed E-state index contributed by atoms with van der Waals surface area (Å²) in [4.78, 5) is 28.8. The van der Waals surface area contributed by atoms with Crippen LogP contribution in [0, 0.1) is 10.1 Å². The molecule has 1 N–H and O–H groups in total. The predicted octanol–water partition coefficient (Wildman–Crippen LogP) is 4.35. The number of rotatable bonds is 7. The number of carbonyl (C=O) groups is 1. The lowest BCUT2D eigenvalue weighted by Crippen LogP contribution is -2.14. The van der Waals surface area contributed by atoms with Gasteiger partial charge in [0.15, 0.2) is 5.65 Å². The number of nitrogens with zero attached hydrogens (tertiary/aromatic N) is 8. The normalized spacial score (nSPS) is 11.2. The zero-order valence-electron chi connectivity index (χ0n) is 20.1. The summed E-state index contributed by atoms with van der Waals surface area (Å²) >= 11 is 1.11. The van der Waals surface area contributed by atoms with Gasteiger partial charge in [-0.1, -0.05) is 38.1 Å². The first kappa shape index (κ1) is 24.1. The van der Waals surface area contributed by atoms with Crippen molar-refractivity contribution in [2.45, 2.75) is 29.8 Å². The summed E-state index contributed by atoms with van der Waals surface area (Å²) in [5, 5.41) is 30.0. The second-order valence-electron chi connectivity index (χ2n) is 8.51. The minimum absolute atomic E-state index is 0.0695. The quantitative estimate of drug-likeness (QED) is 0.247. The molecule has 186 valence electrons. The van der Waals surface area contributed by atoms with Crippen molar-refractivity contribution in [1.82, 2.24) is 34.8 Å². The number of aromatic nitrogens is 7. The standard InChI is InChI=1S/C24H21N9O3S/c1-14(2)15-4-6-16(7-5-15)17-8-11-21-25-23(28-32(21)13-17)26-22(34)19-12-18(33(35)36)9-10-20(19)37-24-27-29-30-31(24)3/h4-14H,1-3H3,(H,26,28,34). The Morgan fingerprint density at radius 3 is 2.51 bits per heavy atom. The molecule has 5 aromatic rings. The van der Waals surface area contributed by atoms with Gasteiger partial charge in [0.25, 0.3) is 11.6 Å². The van der Waals surface area contributed by atoms with Gasteiger partial charge in [0.1, 0.15) is 0 Å². The fourth-order valence-corrected chi connectivity index (χ4v) is 4.48. The zero-order valence-corrected chi connectivity index (χ0v) is 20.9. The highest BCUT2D eigenvalue weighted by atomic mass is 32.2. The van der Waals surface area contributed by atoms with Crippen LogP contribution >= 0.6 is 11.8 Å². The molecule has 0 aliphatic heterocycles. The summed E-state index contributed by atoms with van der Waals surface area (Å²) in [6, 6.07) is 16.1. The van der Waals surface area contributed by atoms with E-state index in [2.05, 4.69) is 69.0 Å². The number of non-ortho nitro benzene ring substituents is 1. The van der Waals surface area contributed by atoms with E-state index < -0.39 is 10.8 Å². The predicted molar refractivity (Wildman–Crippen MR) is 136 cm³/mol. The number of nitrogens with one attached hydrogen (secondary N) is 1. The van der Waals surface area contributed by atoms with Gasteiger partial charge < -0.3 is 0 Å². The number of tetrazole rings is 1. The summed E-state index contributed by atoms with van der Waals surface area (Å²) in [6.45, 7) is 4.29. The van der Waals surface area contributed by atoms with Crippen LogP contribution in [0.4, 0.5) is 11.6 Å². The molecule has 2 aromatic carbocycles. The van der Waals surface area contributed by atoms with E-state index in [1.165, 1.54) is 28.4 Å². The van der Waals surface area contributed by atoms with Gasteiger partial charge in [0.05, 0.1) is 10.5 Å². The first-order chi connectivity index (χ1) is 17.8. The van der Waals surface area contributed by atoms with E-state index in [0.717, 1.165) is 22.9 Å². The Labute approximate surface area is 214 Å². The molecule has 0 aliphatic carbocycles. The van der Waals surface area contributed by atoms with Crippen LogP contribution in [-0.2, 0) is 7.05 Å². The molecule has 3 aromatic heterocycles. The highest BCUT2D eigenvalue weighted by Gasteiger charge is 2.21. The van der Waals surface area contributed by atoms with Crippen molar-refractivity contribution in [3.05, 3.63) is 82.0 Å². The average molecular weight is 516 g/mol. The number of fused-ring (bicyclic) bond motifs is 1. The Morgan fingerprint density at radius 1 is 1.08 bits per heavy atom. The topological polar surface area (TPSA) is 146 Å². The minimum atomic E-state index is -0.596. The summed E-state index contributed by atoms with van der Waals surface area (Å²) in [6.07, 6.45) is 1.83. The molecule has 0 spiro atoms. The third-order valence-electron chi connectivity index (χ3n) is 5.67. The number of anilines is 1. The molecule has 37 heavy (non-hydrogen) atoms. The fraction of sp³-hybridized carbons (Fsp3) is 0.167. The molecule has 0 radical (unpaired) electrons. The third kappa shape index (κ3) is 5.02. The van der Waals surface area contributed by atoms with Crippen LogP contribution in [0.1, 0.15) is 35.7 Å². The van der Waals surface area contributed by atoms with Crippen LogP contribution < -0.4 is 5.32 Å². The van der Waals surface area contributed by atoms with Gasteiger partial charge in [-0.05, 0) is 57.4 Å². The number of aryl methyl sites for hydroxylation is 1. The largest absolute Gasteiger partial charge is 0.289 e. The molecule has 12 nitrogen and oxygen atoms in total. The number of carbonyl (C=O) groups excluding carboxylic acids is 1. The Hall–Kier alpha value is -4.65. The molecule has 13 heteroatoms. The monoisotopic (exact) mass is 515 g/mol. The van der Waals surface area contributed by atoms with E-state index in [1.807, 2.05) is 18.3 Å². The van der Waals surface area contributed by atoms with E-state index in [-0.39, 0.29) is 17.2 Å². The van der Waals surface area contributed by atoms with Crippen LogP contribution in [0.3, 0.4) is 0 Å². The van der Waals surface area contributed by atoms with Gasteiger partial charge in [-0.25, -0.2) is 9.20 Å². The van der Waals surface area contributed by atoms with Crippen molar-refractivity contribution in [2.24, 2.45) is 7.05 Å². The molecule has 0 unspecified atom stereocenters. The Bertz CT molecular complexity index is 1630. The number of hydrogen-bond donors (Lipinski definition) is 1. The lowest BCUT2D eigenvalue weighted by Gasteiger charge is -2.07. The Balaban J connectivity index is 1.42. The van der Waals surface area contributed by atoms with E-state index in [4.69, 9.17) is 0 Å². The number of benzene rings is 2. The van der Waals surface area contributed by atoms with Crippen molar-refractivity contribution in [3.63, 3.8) is 0 Å². The average Bonchev–Trinajstić information content (AvgIpc) is 3.48. The van der Waals surface area contributed by atoms with Gasteiger partial charge in [-0.15, -0.1) is 10.2 Å². The molecule has 0 fully saturated rings. The number of amides is 1. The van der Waals surface area contributed by atoms with Gasteiger partial charge in [0.2, 0.25) is 11.1 Å². The zero-order chi connectivity index (χ0) is 26.1. The van der Waals surface area contributed by atoms with Crippen LogP contribution in [0.15, 0.2) is 70.8 Å². The molecule has 0 aliphatic rings. The van der Waals surface area contributed by atoms with Crippen LogP contribution in [0.5, 0.6) is 0 Å². The summed E-state index contributed by atoms with van der Waals surface area (Å²) in [7, 11) is 1.65. The first-order valence-electron chi connectivity index (χ1n) is 11.3. The van der Waals surface area contributed by atoms with E-state index >= 15 is 0 Å². The lowest BCUT2D eigenvalue weighted by atomic mass is 9.99. The summed E-state index contributed by atoms with van der Waals surface area (Å²) in [5.41, 5.74) is 3.62. The maximum atomic E-state index is 13.2. The Morgan fingerprint density at radius 2 is 1.84 bits per heavy atom. The molecular formula is C24H21N9O3S. The van der Waals surface area contributed by atoms with Crippen LogP contribution in [-0.4, -0.2) is 45.6 Å². The van der Waals surface area contributed by atoms with Crippen LogP contribution in [0.25, 0.3) is 16.8 Å². The van der Waals surface area contributed by atoms with Crippen molar-refractivity contribution in [2.75, 3.05) is 5.32 Å². The van der Waals surface area contributed by atoms with Crippen molar-refractivity contribution in [3.8, 4) is 11.1 Å². The van der Waals surface area contributed by atoms with Crippen molar-refractivity contribution < 1.29 is 9.72 Å². The summed E-state index contributed by atoms with van der Waals surface area (Å²) in [5.74, 6) is -0.0816. The van der Waals surface area contributed by atoms with Gasteiger partial charge >= 0.3 is 0 Å². The van der Waals surface area contributed by atoms with Crippen LogP contribution in [0.2, 0.25) is 0 Å². The minimum Gasteiger partial charge on any atom is -0.289 e. The van der Waals surface area contributed by atoms with Gasteiger partial charge in [-0.3, -0.25) is 20.2 Å². The highest BCUT2D eigenvalue weighted by Crippen LogP contribution is 2.31. The molecule has 5 rings (SSSR count). The van der Waals surface area contributed by atoms with E-state index in [1.54, 1.807) is 11.6 Å². The molecule has 0 bridgehead atoms. The Kier molecular flexibility index (Phi) is 6.36. The van der Waals surface area contributed by atoms with Gasteiger partial charge in [-0.2, -0.15) is 4.98 Å². The van der Waals surface area contributed by atoms with Crippen molar-refractivity contribution >= 4 is 35.0 Å². The third-order valence-corrected chi connectivity index (χ3v) is 6.77. The maximum Gasteiger partial charge on any atom is 0.270 e. The van der Waals surface area contributed by atoms with Crippen molar-refractivity contribution in [1.29, 1.82) is 0 Å². The number of pyridine rings is 1. The summed E-state index contributed by atoms with van der Waals surface area (Å²) < 4.78 is 3.01. The first-order valence-corrected chi connectivity index (χ1v) is 12.1. The second-order valence-corrected chi connectivity index (χ2v) is 9.52. The smallest absolute Gasteiger partial charge is 0.270 e. The maximum absolute atomic E-state index is 13.2. The molecule has 0 saturated heterocycles. The molecule has 1 amide bonds. The molecular weight excluding hydrogens is 494 g/mol.